The number of para-hydroxylation sites is 1. The number of aryl methyl sites for hydroxylation is 1. The van der Waals surface area contributed by atoms with Crippen LogP contribution in [0.4, 0.5) is 11.5 Å². The van der Waals surface area contributed by atoms with Gasteiger partial charge in [0.1, 0.15) is 5.82 Å². The summed E-state index contributed by atoms with van der Waals surface area (Å²) in [6.07, 6.45) is 1.73. The number of anilines is 2. The molecule has 0 unspecified atom stereocenters. The van der Waals surface area contributed by atoms with Crippen LogP contribution in [0.5, 0.6) is 0 Å². The molecule has 3 aromatic rings. The highest BCUT2D eigenvalue weighted by Gasteiger charge is 2.14. The fourth-order valence-corrected chi connectivity index (χ4v) is 2.73. The molecule has 1 amide bonds. The third-order valence-corrected chi connectivity index (χ3v) is 4.24. The van der Waals surface area contributed by atoms with Gasteiger partial charge >= 0.3 is 0 Å². The molecule has 6 nitrogen and oxygen atoms in total. The summed E-state index contributed by atoms with van der Waals surface area (Å²) in [4.78, 5) is 21.3. The van der Waals surface area contributed by atoms with Gasteiger partial charge in [0.05, 0.1) is 5.52 Å². The maximum atomic E-state index is 12.4. The third kappa shape index (κ3) is 4.80. The number of benzene rings is 2. The van der Waals surface area contributed by atoms with Crippen molar-refractivity contribution in [2.75, 3.05) is 25.6 Å². The Morgan fingerprint density at radius 1 is 1.07 bits per heavy atom. The molecule has 0 radical (unpaired) electrons. The van der Waals surface area contributed by atoms with Crippen LogP contribution in [0.2, 0.25) is 0 Å². The Hall–Kier alpha value is -2.99. The van der Waals surface area contributed by atoms with Gasteiger partial charge in [-0.15, -0.1) is 0 Å². The molecule has 0 atom stereocenters. The average Bonchev–Trinajstić information content (AvgIpc) is 2.71. The summed E-state index contributed by atoms with van der Waals surface area (Å²) in [6, 6.07) is 15.8. The molecular weight excluding hydrogens is 340 g/mol. The molecule has 0 saturated carbocycles. The van der Waals surface area contributed by atoms with Gasteiger partial charge in [0.15, 0.2) is 0 Å². The molecule has 2 aromatic carbocycles. The maximum absolute atomic E-state index is 12.4. The number of nitrogens with zero attached hydrogens (tertiary/aromatic N) is 2. The van der Waals surface area contributed by atoms with Crippen LogP contribution in [0.3, 0.4) is 0 Å². The van der Waals surface area contributed by atoms with E-state index in [0.717, 1.165) is 29.4 Å². The first-order valence-electron chi connectivity index (χ1n) is 9.11. The third-order valence-electron chi connectivity index (χ3n) is 4.24. The van der Waals surface area contributed by atoms with Crippen LogP contribution in [0, 0.1) is 0 Å². The van der Waals surface area contributed by atoms with Crippen LogP contribution >= 0.6 is 0 Å². The van der Waals surface area contributed by atoms with Gasteiger partial charge in [-0.1, -0.05) is 31.2 Å². The highest BCUT2D eigenvalue weighted by atomic mass is 16.5. The Morgan fingerprint density at radius 2 is 1.85 bits per heavy atom. The van der Waals surface area contributed by atoms with Gasteiger partial charge in [-0.25, -0.2) is 9.97 Å². The van der Waals surface area contributed by atoms with Crippen molar-refractivity contribution in [1.29, 1.82) is 0 Å². The first-order chi connectivity index (χ1) is 13.2. The Bertz CT molecular complexity index is 910. The summed E-state index contributed by atoms with van der Waals surface area (Å²) in [7, 11) is 1.64. The molecule has 0 spiro atoms. The molecule has 1 aromatic heterocycles. The van der Waals surface area contributed by atoms with E-state index in [1.165, 1.54) is 5.56 Å². The molecule has 0 fully saturated rings. The van der Waals surface area contributed by atoms with Crippen LogP contribution in [0.15, 0.2) is 48.5 Å². The van der Waals surface area contributed by atoms with E-state index in [-0.39, 0.29) is 11.7 Å². The van der Waals surface area contributed by atoms with E-state index < -0.39 is 0 Å². The van der Waals surface area contributed by atoms with Crippen LogP contribution in [-0.4, -0.2) is 36.1 Å². The second kappa shape index (κ2) is 9.09. The van der Waals surface area contributed by atoms with Crippen LogP contribution in [0.1, 0.15) is 29.5 Å². The number of carbonyl (C=O) groups excluding carboxylic acids is 1. The lowest BCUT2D eigenvalue weighted by atomic mass is 10.1. The van der Waals surface area contributed by atoms with E-state index >= 15 is 0 Å². The van der Waals surface area contributed by atoms with Crippen molar-refractivity contribution in [3.8, 4) is 0 Å². The largest absolute Gasteiger partial charge is 0.385 e. The molecule has 0 aliphatic carbocycles. The number of methoxy groups -OCH3 is 1. The normalized spacial score (nSPS) is 10.7. The molecule has 0 aliphatic heterocycles. The smallest absolute Gasteiger partial charge is 0.289 e. The minimum Gasteiger partial charge on any atom is -0.385 e. The zero-order valence-corrected chi connectivity index (χ0v) is 15.7. The first-order valence-corrected chi connectivity index (χ1v) is 9.11. The SMILES string of the molecule is CCc1ccc(Nc2nc(C(=O)NCCCOC)nc3ccccc23)cc1. The van der Waals surface area contributed by atoms with Gasteiger partial charge in [-0.05, 0) is 42.7 Å². The van der Waals surface area contributed by atoms with Gasteiger partial charge in [-0.3, -0.25) is 4.79 Å². The minimum atomic E-state index is -0.291. The van der Waals surface area contributed by atoms with E-state index in [0.29, 0.717) is 19.0 Å². The molecule has 140 valence electrons. The van der Waals surface area contributed by atoms with Gasteiger partial charge in [0.25, 0.3) is 5.91 Å². The summed E-state index contributed by atoms with van der Waals surface area (Å²) in [5.41, 5.74) is 2.91. The number of fused-ring (bicyclic) bond motifs is 1. The number of amides is 1. The molecule has 0 bridgehead atoms. The summed E-state index contributed by atoms with van der Waals surface area (Å²) < 4.78 is 5.00. The fourth-order valence-electron chi connectivity index (χ4n) is 2.73. The van der Waals surface area contributed by atoms with Gasteiger partial charge in [0.2, 0.25) is 5.82 Å². The van der Waals surface area contributed by atoms with E-state index in [9.17, 15) is 4.79 Å². The van der Waals surface area contributed by atoms with Crippen molar-refractivity contribution in [1.82, 2.24) is 15.3 Å². The first kappa shape index (κ1) is 18.8. The number of hydrogen-bond donors (Lipinski definition) is 2. The summed E-state index contributed by atoms with van der Waals surface area (Å²) in [5.74, 6) is 0.479. The van der Waals surface area contributed by atoms with Crippen molar-refractivity contribution in [2.24, 2.45) is 0 Å². The van der Waals surface area contributed by atoms with Crippen molar-refractivity contribution >= 4 is 28.3 Å². The minimum absolute atomic E-state index is 0.152. The maximum Gasteiger partial charge on any atom is 0.289 e. The van der Waals surface area contributed by atoms with Crippen molar-refractivity contribution in [2.45, 2.75) is 19.8 Å². The summed E-state index contributed by atoms with van der Waals surface area (Å²) in [5, 5.41) is 7.02. The molecule has 27 heavy (non-hydrogen) atoms. The van der Waals surface area contributed by atoms with Gasteiger partial charge in [-0.2, -0.15) is 0 Å². The number of rotatable bonds is 8. The molecular formula is C21H24N4O2. The number of ether oxygens (including phenoxy) is 1. The second-order valence-electron chi connectivity index (χ2n) is 6.19. The second-order valence-corrected chi connectivity index (χ2v) is 6.19. The molecule has 0 aliphatic rings. The van der Waals surface area contributed by atoms with E-state index in [1.807, 2.05) is 36.4 Å². The zero-order chi connectivity index (χ0) is 19.1. The van der Waals surface area contributed by atoms with Crippen molar-refractivity contribution in [3.05, 3.63) is 59.9 Å². The van der Waals surface area contributed by atoms with E-state index in [1.54, 1.807) is 7.11 Å². The Morgan fingerprint density at radius 3 is 2.59 bits per heavy atom. The lowest BCUT2D eigenvalue weighted by Crippen LogP contribution is -2.27. The topological polar surface area (TPSA) is 76.1 Å². The zero-order valence-electron chi connectivity index (χ0n) is 15.7. The Labute approximate surface area is 159 Å². The number of nitrogens with one attached hydrogen (secondary N) is 2. The summed E-state index contributed by atoms with van der Waals surface area (Å²) >= 11 is 0. The highest BCUT2D eigenvalue weighted by Crippen LogP contribution is 2.24. The predicted molar refractivity (Wildman–Crippen MR) is 107 cm³/mol. The lowest BCUT2D eigenvalue weighted by Gasteiger charge is -2.11. The molecule has 3 rings (SSSR count). The number of carbonyl (C=O) groups is 1. The number of hydrogen-bond acceptors (Lipinski definition) is 5. The van der Waals surface area contributed by atoms with Crippen LogP contribution in [0.25, 0.3) is 10.9 Å². The van der Waals surface area contributed by atoms with Crippen LogP contribution < -0.4 is 10.6 Å². The van der Waals surface area contributed by atoms with E-state index in [2.05, 4.69) is 39.7 Å². The Kier molecular flexibility index (Phi) is 6.33. The monoisotopic (exact) mass is 364 g/mol. The highest BCUT2D eigenvalue weighted by molar-refractivity contribution is 5.97. The van der Waals surface area contributed by atoms with Gasteiger partial charge < -0.3 is 15.4 Å². The van der Waals surface area contributed by atoms with Crippen molar-refractivity contribution < 1.29 is 9.53 Å². The van der Waals surface area contributed by atoms with Gasteiger partial charge in [0, 0.05) is 31.3 Å². The Balaban J connectivity index is 1.87. The summed E-state index contributed by atoms with van der Waals surface area (Å²) in [6.45, 7) is 3.24. The quantitative estimate of drug-likeness (QED) is 0.596. The molecule has 1 heterocycles. The molecule has 0 saturated heterocycles. The molecule has 6 heteroatoms. The van der Waals surface area contributed by atoms with Crippen molar-refractivity contribution in [3.63, 3.8) is 0 Å². The predicted octanol–water partition coefficient (Wildman–Crippen LogP) is 3.70. The standard InChI is InChI=1S/C21H24N4O2/c1-3-15-9-11-16(12-10-15)23-19-17-7-4-5-8-18(17)24-20(25-19)21(26)22-13-6-14-27-2/h4-5,7-12H,3,6,13-14H2,1-2H3,(H,22,26)(H,23,24,25). The average molecular weight is 364 g/mol. The molecule has 2 N–H and O–H groups in total. The lowest BCUT2D eigenvalue weighted by molar-refractivity contribution is 0.0938. The number of aromatic nitrogens is 2. The fraction of sp³-hybridized carbons (Fsp3) is 0.286. The van der Waals surface area contributed by atoms with E-state index in [4.69, 9.17) is 4.74 Å². The van der Waals surface area contributed by atoms with Crippen LogP contribution in [-0.2, 0) is 11.2 Å².